The van der Waals surface area contributed by atoms with Crippen LogP contribution in [-0.4, -0.2) is 48.3 Å². The molecule has 0 amide bonds. The average molecular weight is 439 g/mol. The molecule has 7 nitrogen and oxygen atoms in total. The lowest BCUT2D eigenvalue weighted by atomic mass is 9.96. The number of hydrogen-bond donors (Lipinski definition) is 2. The van der Waals surface area contributed by atoms with Crippen LogP contribution in [0.2, 0.25) is 0 Å². The number of nitrogens with one attached hydrogen (secondary N) is 1. The van der Waals surface area contributed by atoms with Crippen molar-refractivity contribution in [3.63, 3.8) is 0 Å². The summed E-state index contributed by atoms with van der Waals surface area (Å²) in [7, 11) is 0. The van der Waals surface area contributed by atoms with Gasteiger partial charge < -0.3 is 24.5 Å². The number of H-pyrrole nitrogens is 1. The summed E-state index contributed by atoms with van der Waals surface area (Å²) in [6, 6.07) is 11.1. The first-order valence-corrected chi connectivity index (χ1v) is 11.0. The Morgan fingerprint density at radius 2 is 1.59 bits per heavy atom. The smallest absolute Gasteiger partial charge is 0.340 e. The zero-order chi connectivity index (χ0) is 23.3. The van der Waals surface area contributed by atoms with E-state index in [4.69, 9.17) is 9.47 Å². The van der Waals surface area contributed by atoms with Crippen LogP contribution in [0, 0.1) is 0 Å². The maximum Gasteiger partial charge on any atom is 0.340 e. The van der Waals surface area contributed by atoms with Gasteiger partial charge in [0.2, 0.25) is 0 Å². The van der Waals surface area contributed by atoms with Gasteiger partial charge >= 0.3 is 11.9 Å². The largest absolute Gasteiger partial charge is 0.507 e. The van der Waals surface area contributed by atoms with E-state index in [1.165, 1.54) is 0 Å². The first-order valence-electron chi connectivity index (χ1n) is 11.0. The standard InChI is InChI=1S/C25H30N2O5/c1-5-27(6-2)17-11-9-16(10-12-17)22-20(28)14-13-18-23(22)24(25(30)32-8-4)19(26-18)15-21(29)31-7-3/h9-14,26,28H,5-8,15H2,1-4H3. The molecule has 0 bridgehead atoms. The van der Waals surface area contributed by atoms with Gasteiger partial charge in [0.25, 0.3) is 0 Å². The molecule has 2 N–H and O–H groups in total. The average Bonchev–Trinajstić information content (AvgIpc) is 3.13. The Labute approximate surface area is 187 Å². The fourth-order valence-electron chi connectivity index (χ4n) is 3.97. The number of nitrogens with zero attached hydrogens (tertiary/aromatic N) is 1. The molecule has 170 valence electrons. The van der Waals surface area contributed by atoms with Gasteiger partial charge in [-0.1, -0.05) is 12.1 Å². The molecule has 0 fully saturated rings. The molecule has 32 heavy (non-hydrogen) atoms. The fourth-order valence-corrected chi connectivity index (χ4v) is 3.97. The minimum absolute atomic E-state index is 0.0420. The number of aromatic hydroxyl groups is 1. The number of anilines is 1. The number of benzene rings is 2. The predicted molar refractivity (Wildman–Crippen MR) is 125 cm³/mol. The number of aromatic amines is 1. The molecule has 1 aromatic heterocycles. The van der Waals surface area contributed by atoms with E-state index < -0.39 is 11.9 Å². The van der Waals surface area contributed by atoms with Crippen LogP contribution < -0.4 is 4.90 Å². The number of ether oxygens (including phenoxy) is 2. The van der Waals surface area contributed by atoms with Crippen LogP contribution in [0.4, 0.5) is 5.69 Å². The Morgan fingerprint density at radius 3 is 2.19 bits per heavy atom. The summed E-state index contributed by atoms with van der Waals surface area (Å²) >= 11 is 0. The number of carbonyl (C=O) groups excluding carboxylic acids is 2. The Bertz CT molecular complexity index is 1100. The van der Waals surface area contributed by atoms with E-state index in [1.54, 1.807) is 26.0 Å². The van der Waals surface area contributed by atoms with E-state index in [0.29, 0.717) is 22.2 Å². The van der Waals surface area contributed by atoms with Crippen molar-refractivity contribution in [1.29, 1.82) is 0 Å². The number of phenolic OH excluding ortho intramolecular Hbond substituents is 1. The van der Waals surface area contributed by atoms with Gasteiger partial charge in [0.1, 0.15) is 5.75 Å². The van der Waals surface area contributed by atoms with Gasteiger partial charge in [-0.05, 0) is 57.5 Å². The molecule has 0 atom stereocenters. The fraction of sp³-hybridized carbons (Fsp3) is 0.360. The van der Waals surface area contributed by atoms with E-state index in [1.807, 2.05) is 24.3 Å². The lowest BCUT2D eigenvalue weighted by molar-refractivity contribution is -0.142. The molecule has 1 heterocycles. The van der Waals surface area contributed by atoms with E-state index in [0.717, 1.165) is 24.3 Å². The quantitative estimate of drug-likeness (QED) is 0.472. The third kappa shape index (κ3) is 4.56. The van der Waals surface area contributed by atoms with Gasteiger partial charge in [0.05, 0.1) is 25.2 Å². The van der Waals surface area contributed by atoms with E-state index >= 15 is 0 Å². The van der Waals surface area contributed by atoms with Gasteiger partial charge in [-0.25, -0.2) is 4.79 Å². The Morgan fingerprint density at radius 1 is 0.938 bits per heavy atom. The second-order valence-corrected chi connectivity index (χ2v) is 7.28. The molecule has 3 rings (SSSR count). The van der Waals surface area contributed by atoms with Gasteiger partial charge in [0, 0.05) is 40.9 Å². The number of carbonyl (C=O) groups is 2. The second kappa shape index (κ2) is 10.2. The number of hydrogen-bond acceptors (Lipinski definition) is 6. The van der Waals surface area contributed by atoms with Gasteiger partial charge in [-0.2, -0.15) is 0 Å². The molecule has 2 aromatic carbocycles. The molecule has 3 aromatic rings. The molecule has 0 saturated heterocycles. The number of aromatic nitrogens is 1. The molecule has 0 unspecified atom stereocenters. The van der Waals surface area contributed by atoms with Crippen molar-refractivity contribution in [2.24, 2.45) is 0 Å². The third-order valence-corrected chi connectivity index (χ3v) is 5.41. The normalized spacial score (nSPS) is 10.9. The maximum atomic E-state index is 12.9. The van der Waals surface area contributed by atoms with Crippen molar-refractivity contribution in [1.82, 2.24) is 4.98 Å². The summed E-state index contributed by atoms with van der Waals surface area (Å²) in [5, 5.41) is 11.3. The minimum Gasteiger partial charge on any atom is -0.507 e. The summed E-state index contributed by atoms with van der Waals surface area (Å²) in [4.78, 5) is 30.4. The van der Waals surface area contributed by atoms with Crippen LogP contribution >= 0.6 is 0 Å². The minimum atomic E-state index is -0.551. The van der Waals surface area contributed by atoms with Crippen molar-refractivity contribution < 1.29 is 24.2 Å². The number of phenols is 1. The molecule has 0 aliphatic heterocycles. The van der Waals surface area contributed by atoms with Gasteiger partial charge in [-0.15, -0.1) is 0 Å². The van der Waals surface area contributed by atoms with Crippen molar-refractivity contribution in [3.8, 4) is 16.9 Å². The molecule has 0 spiro atoms. The van der Waals surface area contributed by atoms with Crippen LogP contribution in [0.3, 0.4) is 0 Å². The lowest BCUT2D eigenvalue weighted by Gasteiger charge is -2.21. The summed E-state index contributed by atoms with van der Waals surface area (Å²) in [5.41, 5.74) is 3.64. The molecule has 0 saturated carbocycles. The highest BCUT2D eigenvalue weighted by atomic mass is 16.5. The van der Waals surface area contributed by atoms with Crippen molar-refractivity contribution in [3.05, 3.63) is 47.7 Å². The van der Waals surface area contributed by atoms with Crippen LogP contribution in [-0.2, 0) is 20.7 Å². The van der Waals surface area contributed by atoms with Crippen LogP contribution in [0.15, 0.2) is 36.4 Å². The lowest BCUT2D eigenvalue weighted by Crippen LogP contribution is -2.21. The zero-order valence-corrected chi connectivity index (χ0v) is 19.0. The molecule has 0 aliphatic carbocycles. The van der Waals surface area contributed by atoms with E-state index in [-0.39, 0.29) is 30.9 Å². The Balaban J connectivity index is 2.20. The van der Waals surface area contributed by atoms with Crippen LogP contribution in [0.5, 0.6) is 5.75 Å². The van der Waals surface area contributed by atoms with Crippen LogP contribution in [0.1, 0.15) is 43.7 Å². The Hall–Kier alpha value is -3.48. The molecule has 0 aliphatic rings. The predicted octanol–water partition coefficient (Wildman–Crippen LogP) is 4.67. The topological polar surface area (TPSA) is 91.9 Å². The molecule has 0 radical (unpaired) electrons. The second-order valence-electron chi connectivity index (χ2n) is 7.28. The monoisotopic (exact) mass is 438 g/mol. The van der Waals surface area contributed by atoms with Crippen molar-refractivity contribution in [2.45, 2.75) is 34.1 Å². The Kier molecular flexibility index (Phi) is 7.41. The van der Waals surface area contributed by atoms with Gasteiger partial charge in [0.15, 0.2) is 0 Å². The van der Waals surface area contributed by atoms with E-state index in [9.17, 15) is 14.7 Å². The SMILES string of the molecule is CCOC(=O)Cc1[nH]c2ccc(O)c(-c3ccc(N(CC)CC)cc3)c2c1C(=O)OCC. The first-order chi connectivity index (χ1) is 15.4. The molecule has 7 heteroatoms. The number of rotatable bonds is 9. The van der Waals surface area contributed by atoms with Crippen molar-refractivity contribution >= 4 is 28.5 Å². The molecular formula is C25H30N2O5. The zero-order valence-electron chi connectivity index (χ0n) is 19.0. The van der Waals surface area contributed by atoms with Crippen LogP contribution in [0.25, 0.3) is 22.0 Å². The third-order valence-electron chi connectivity index (χ3n) is 5.41. The summed E-state index contributed by atoms with van der Waals surface area (Å²) < 4.78 is 10.4. The van der Waals surface area contributed by atoms with E-state index in [2.05, 4.69) is 23.7 Å². The molecular weight excluding hydrogens is 408 g/mol. The highest BCUT2D eigenvalue weighted by Gasteiger charge is 2.26. The summed E-state index contributed by atoms with van der Waals surface area (Å²) in [5.74, 6) is -0.955. The summed E-state index contributed by atoms with van der Waals surface area (Å²) in [6.45, 7) is 9.86. The highest BCUT2D eigenvalue weighted by Crippen LogP contribution is 2.40. The number of esters is 2. The van der Waals surface area contributed by atoms with Crippen molar-refractivity contribution in [2.75, 3.05) is 31.2 Å². The first kappa shape index (κ1) is 23.2. The maximum absolute atomic E-state index is 12.9. The summed E-state index contributed by atoms with van der Waals surface area (Å²) in [6.07, 6.45) is -0.0994. The number of fused-ring (bicyclic) bond motifs is 1. The highest BCUT2D eigenvalue weighted by molar-refractivity contribution is 6.13. The van der Waals surface area contributed by atoms with Gasteiger partial charge in [-0.3, -0.25) is 4.79 Å².